The van der Waals surface area contributed by atoms with Crippen molar-refractivity contribution >= 4 is 34.6 Å². The number of rotatable bonds is 8. The SMILES string of the molecule is CN(C)c1ccc(/C=C/c2cc(NCCCc3ccccc3)[n+](C)c3ccccc23)cc1. The number of nitrogens with zero attached hydrogens (tertiary/aromatic N) is 2. The lowest BCUT2D eigenvalue weighted by atomic mass is 10.1. The Labute approximate surface area is 191 Å². The van der Waals surface area contributed by atoms with E-state index in [0.717, 1.165) is 25.2 Å². The van der Waals surface area contributed by atoms with Gasteiger partial charge in [0, 0.05) is 31.2 Å². The van der Waals surface area contributed by atoms with Crippen molar-refractivity contribution in [3.63, 3.8) is 0 Å². The predicted molar refractivity (Wildman–Crippen MR) is 138 cm³/mol. The zero-order valence-corrected chi connectivity index (χ0v) is 19.3. The molecular weight excluding hydrogens is 390 g/mol. The summed E-state index contributed by atoms with van der Waals surface area (Å²) in [5.74, 6) is 1.14. The Kier molecular flexibility index (Phi) is 6.86. The number of para-hydroxylation sites is 1. The van der Waals surface area contributed by atoms with Crippen LogP contribution in [0.3, 0.4) is 0 Å². The van der Waals surface area contributed by atoms with Gasteiger partial charge in [-0.2, -0.15) is 0 Å². The van der Waals surface area contributed by atoms with Crippen molar-refractivity contribution in [2.75, 3.05) is 30.9 Å². The minimum absolute atomic E-state index is 0.941. The Balaban J connectivity index is 1.54. The lowest BCUT2D eigenvalue weighted by Crippen LogP contribution is -2.34. The van der Waals surface area contributed by atoms with E-state index in [1.165, 1.54) is 33.3 Å². The molecule has 0 amide bonds. The van der Waals surface area contributed by atoms with Crippen LogP contribution < -0.4 is 14.8 Å². The Morgan fingerprint density at radius 1 is 0.844 bits per heavy atom. The normalized spacial score (nSPS) is 11.2. The molecule has 4 aromatic rings. The summed E-state index contributed by atoms with van der Waals surface area (Å²) in [7, 11) is 6.26. The molecule has 0 aliphatic carbocycles. The van der Waals surface area contributed by atoms with E-state index in [-0.39, 0.29) is 0 Å². The molecule has 0 unspecified atom stereocenters. The summed E-state index contributed by atoms with van der Waals surface area (Å²) >= 11 is 0. The maximum Gasteiger partial charge on any atom is 0.275 e. The Hall–Kier alpha value is -3.59. The van der Waals surface area contributed by atoms with E-state index in [9.17, 15) is 0 Å². The third-order valence-corrected chi connectivity index (χ3v) is 5.89. The van der Waals surface area contributed by atoms with Crippen LogP contribution in [0.2, 0.25) is 0 Å². The van der Waals surface area contributed by atoms with E-state index >= 15 is 0 Å². The highest BCUT2D eigenvalue weighted by Crippen LogP contribution is 2.22. The Morgan fingerprint density at radius 3 is 2.31 bits per heavy atom. The lowest BCUT2D eigenvalue weighted by Gasteiger charge is -2.12. The van der Waals surface area contributed by atoms with Gasteiger partial charge in [0.05, 0.1) is 13.6 Å². The number of aromatic nitrogens is 1. The molecule has 1 heterocycles. The van der Waals surface area contributed by atoms with Crippen LogP contribution in [0.5, 0.6) is 0 Å². The van der Waals surface area contributed by atoms with Crippen LogP contribution in [0.25, 0.3) is 23.1 Å². The van der Waals surface area contributed by atoms with Crippen molar-refractivity contribution in [3.8, 4) is 0 Å². The minimum atomic E-state index is 0.941. The molecule has 0 radical (unpaired) electrons. The molecule has 0 bridgehead atoms. The summed E-state index contributed by atoms with van der Waals surface area (Å²) in [6, 6.07) is 30.2. The van der Waals surface area contributed by atoms with Crippen LogP contribution in [0.1, 0.15) is 23.1 Å². The monoisotopic (exact) mass is 422 g/mol. The molecule has 0 fully saturated rings. The van der Waals surface area contributed by atoms with E-state index in [0.29, 0.717) is 0 Å². The molecule has 0 aliphatic heterocycles. The van der Waals surface area contributed by atoms with Crippen LogP contribution in [-0.4, -0.2) is 20.6 Å². The number of hydrogen-bond donors (Lipinski definition) is 1. The Morgan fingerprint density at radius 2 is 1.56 bits per heavy atom. The molecule has 32 heavy (non-hydrogen) atoms. The van der Waals surface area contributed by atoms with Gasteiger partial charge in [0.25, 0.3) is 5.82 Å². The van der Waals surface area contributed by atoms with Gasteiger partial charge in [-0.15, -0.1) is 0 Å². The van der Waals surface area contributed by atoms with E-state index < -0.39 is 0 Å². The van der Waals surface area contributed by atoms with Crippen LogP contribution >= 0.6 is 0 Å². The first kappa shape index (κ1) is 21.6. The number of fused-ring (bicyclic) bond motifs is 1. The van der Waals surface area contributed by atoms with Gasteiger partial charge in [-0.05, 0) is 47.7 Å². The molecule has 0 atom stereocenters. The van der Waals surface area contributed by atoms with Gasteiger partial charge in [-0.25, -0.2) is 4.57 Å². The van der Waals surface area contributed by atoms with Crippen LogP contribution in [0, 0.1) is 0 Å². The molecular formula is C29H32N3+. The van der Waals surface area contributed by atoms with Gasteiger partial charge in [-0.3, -0.25) is 5.32 Å². The second kappa shape index (κ2) is 10.1. The van der Waals surface area contributed by atoms with Gasteiger partial charge in [0.1, 0.15) is 5.52 Å². The molecule has 0 saturated carbocycles. The maximum atomic E-state index is 3.66. The average Bonchev–Trinajstić information content (AvgIpc) is 2.83. The van der Waals surface area contributed by atoms with E-state index in [1.54, 1.807) is 0 Å². The van der Waals surface area contributed by atoms with Crippen molar-refractivity contribution in [2.24, 2.45) is 7.05 Å². The molecule has 3 heteroatoms. The third kappa shape index (κ3) is 5.17. The van der Waals surface area contributed by atoms with Crippen LogP contribution in [-0.2, 0) is 13.5 Å². The van der Waals surface area contributed by atoms with Gasteiger partial charge >= 0.3 is 0 Å². The first-order valence-electron chi connectivity index (χ1n) is 11.3. The second-order valence-electron chi connectivity index (χ2n) is 8.40. The number of benzene rings is 3. The fourth-order valence-electron chi connectivity index (χ4n) is 3.99. The number of hydrogen-bond acceptors (Lipinski definition) is 2. The Bertz CT molecular complexity index is 1190. The van der Waals surface area contributed by atoms with Crippen LogP contribution in [0.15, 0.2) is 84.9 Å². The summed E-state index contributed by atoms with van der Waals surface area (Å²) in [6.07, 6.45) is 6.60. The molecule has 0 aliphatic rings. The zero-order valence-electron chi connectivity index (χ0n) is 19.3. The molecule has 1 N–H and O–H groups in total. The highest BCUT2D eigenvalue weighted by Gasteiger charge is 2.13. The zero-order chi connectivity index (χ0) is 22.3. The van der Waals surface area contributed by atoms with Crippen molar-refractivity contribution < 1.29 is 4.57 Å². The molecule has 4 rings (SSSR count). The quantitative estimate of drug-likeness (QED) is 0.280. The number of anilines is 2. The summed E-state index contributed by atoms with van der Waals surface area (Å²) in [5.41, 5.74) is 6.25. The molecule has 0 saturated heterocycles. The first-order chi connectivity index (χ1) is 15.6. The van der Waals surface area contributed by atoms with Crippen molar-refractivity contribution in [1.29, 1.82) is 0 Å². The highest BCUT2D eigenvalue weighted by molar-refractivity contribution is 5.90. The second-order valence-corrected chi connectivity index (χ2v) is 8.40. The standard InChI is InChI=1S/C29H31N3/c1-31(2)26-19-16-24(17-20-26)15-18-25-22-29(32(3)28-14-8-7-13-27(25)28)30-21-9-12-23-10-5-4-6-11-23/h4-8,10-11,13-20,22H,9,12,21H2,1-3H3/p+1/b18-15+. The van der Waals surface area contributed by atoms with Crippen LogP contribution in [0.4, 0.5) is 11.5 Å². The molecule has 0 spiro atoms. The highest BCUT2D eigenvalue weighted by atomic mass is 15.1. The summed E-state index contributed by atoms with van der Waals surface area (Å²) < 4.78 is 2.25. The van der Waals surface area contributed by atoms with E-state index in [2.05, 4.69) is 133 Å². The summed E-state index contributed by atoms with van der Waals surface area (Å²) in [5, 5.41) is 4.91. The maximum absolute atomic E-state index is 3.66. The van der Waals surface area contributed by atoms with E-state index in [1.807, 2.05) is 0 Å². The van der Waals surface area contributed by atoms with Gasteiger partial charge in [0.15, 0.2) is 0 Å². The number of nitrogens with one attached hydrogen (secondary N) is 1. The fourth-order valence-corrected chi connectivity index (χ4v) is 3.99. The van der Waals surface area contributed by atoms with E-state index in [4.69, 9.17) is 0 Å². The average molecular weight is 423 g/mol. The fraction of sp³-hybridized carbons (Fsp3) is 0.207. The predicted octanol–water partition coefficient (Wildman–Crippen LogP) is 5.95. The van der Waals surface area contributed by atoms with Crippen molar-refractivity contribution in [2.45, 2.75) is 12.8 Å². The molecule has 3 nitrogen and oxygen atoms in total. The van der Waals surface area contributed by atoms with Crippen molar-refractivity contribution in [1.82, 2.24) is 0 Å². The summed E-state index contributed by atoms with van der Waals surface area (Å²) in [4.78, 5) is 2.12. The van der Waals surface area contributed by atoms with Gasteiger partial charge in [0.2, 0.25) is 0 Å². The largest absolute Gasteiger partial charge is 0.378 e. The van der Waals surface area contributed by atoms with Gasteiger partial charge in [-0.1, -0.05) is 72.8 Å². The smallest absolute Gasteiger partial charge is 0.275 e. The topological polar surface area (TPSA) is 19.1 Å². The minimum Gasteiger partial charge on any atom is -0.378 e. The number of pyridine rings is 1. The lowest BCUT2D eigenvalue weighted by molar-refractivity contribution is -0.630. The first-order valence-corrected chi connectivity index (χ1v) is 11.3. The molecule has 1 aromatic heterocycles. The van der Waals surface area contributed by atoms with Crippen molar-refractivity contribution in [3.05, 3.63) is 102 Å². The molecule has 3 aromatic carbocycles. The third-order valence-electron chi connectivity index (χ3n) is 5.89. The molecule has 162 valence electrons. The summed E-state index contributed by atoms with van der Waals surface area (Å²) in [6.45, 7) is 0.941. The number of aryl methyl sites for hydroxylation is 2. The van der Waals surface area contributed by atoms with Gasteiger partial charge < -0.3 is 4.90 Å².